The highest BCUT2D eigenvalue weighted by atomic mass is 16.7. The highest BCUT2D eigenvalue weighted by Crippen LogP contribution is 2.31. The highest BCUT2D eigenvalue weighted by Gasteiger charge is 2.32. The van der Waals surface area contributed by atoms with Crippen LogP contribution in [-0.2, 0) is 4.74 Å². The molecule has 1 aliphatic heterocycles. The maximum Gasteiger partial charge on any atom is 0.264 e. The molecule has 0 saturated heterocycles. The van der Waals surface area contributed by atoms with Gasteiger partial charge < -0.3 is 9.47 Å². The topological polar surface area (TPSA) is 35.5 Å². The molecule has 0 saturated carbocycles. The summed E-state index contributed by atoms with van der Waals surface area (Å²) < 4.78 is 10.2. The summed E-state index contributed by atoms with van der Waals surface area (Å²) in [5.74, 6) is 0.556. The van der Waals surface area contributed by atoms with E-state index < -0.39 is 6.29 Å². The van der Waals surface area contributed by atoms with Crippen molar-refractivity contribution in [3.63, 3.8) is 0 Å². The van der Waals surface area contributed by atoms with Gasteiger partial charge in [-0.05, 0) is 18.6 Å². The van der Waals surface area contributed by atoms with Gasteiger partial charge in [0.15, 0.2) is 0 Å². The Kier molecular flexibility index (Phi) is 1.81. The van der Waals surface area contributed by atoms with E-state index in [4.69, 9.17) is 9.47 Å². The van der Waals surface area contributed by atoms with Gasteiger partial charge in [-0.3, -0.25) is 4.79 Å². The lowest BCUT2D eigenvalue weighted by atomic mass is 10.1. The average molecular weight is 178 g/mol. The summed E-state index contributed by atoms with van der Waals surface area (Å²) in [4.78, 5) is 11.5. The number of carbonyl (C=O) groups excluding carboxylic acids is 1. The van der Waals surface area contributed by atoms with Crippen molar-refractivity contribution in [2.24, 2.45) is 0 Å². The molecule has 0 fully saturated rings. The fourth-order valence-corrected chi connectivity index (χ4v) is 1.45. The summed E-state index contributed by atoms with van der Waals surface area (Å²) >= 11 is 0. The Morgan fingerprint density at radius 1 is 1.46 bits per heavy atom. The Balaban J connectivity index is 2.49. The molecule has 1 heterocycles. The summed E-state index contributed by atoms with van der Waals surface area (Å²) in [6.45, 7) is 1.91. The number of hydrogen-bond acceptors (Lipinski definition) is 3. The van der Waals surface area contributed by atoms with Crippen molar-refractivity contribution in [2.75, 3.05) is 7.11 Å². The minimum absolute atomic E-state index is 0.0961. The van der Waals surface area contributed by atoms with Crippen molar-refractivity contribution in [2.45, 2.75) is 13.2 Å². The zero-order valence-electron chi connectivity index (χ0n) is 7.53. The molecule has 0 aromatic heterocycles. The Bertz CT molecular complexity index is 357. The van der Waals surface area contributed by atoms with Crippen molar-refractivity contribution in [1.29, 1.82) is 0 Å². The number of Topliss-reactive ketones (excluding diaryl/α,β-unsaturated/α-hetero) is 1. The zero-order valence-corrected chi connectivity index (χ0v) is 7.53. The summed E-state index contributed by atoms with van der Waals surface area (Å²) in [5, 5.41) is 0. The average Bonchev–Trinajstić information content (AvgIpc) is 2.45. The van der Waals surface area contributed by atoms with Gasteiger partial charge in [0.1, 0.15) is 5.75 Å². The second-order valence-electron chi connectivity index (χ2n) is 3.00. The van der Waals surface area contributed by atoms with Gasteiger partial charge in [-0.2, -0.15) is 0 Å². The van der Waals surface area contributed by atoms with Crippen LogP contribution >= 0.6 is 0 Å². The van der Waals surface area contributed by atoms with E-state index in [1.807, 2.05) is 19.1 Å². The van der Waals surface area contributed by atoms with E-state index in [1.165, 1.54) is 7.11 Å². The fraction of sp³-hybridized carbons (Fsp3) is 0.300. The lowest BCUT2D eigenvalue weighted by Crippen LogP contribution is -2.22. The van der Waals surface area contributed by atoms with Gasteiger partial charge in [0, 0.05) is 7.11 Å². The van der Waals surface area contributed by atoms with Gasteiger partial charge >= 0.3 is 0 Å². The number of methoxy groups -OCH3 is 1. The fourth-order valence-electron chi connectivity index (χ4n) is 1.45. The number of aryl methyl sites for hydroxylation is 1. The molecule has 1 atom stereocenters. The van der Waals surface area contributed by atoms with Crippen LogP contribution in [0.3, 0.4) is 0 Å². The van der Waals surface area contributed by atoms with Crippen LogP contribution < -0.4 is 4.74 Å². The summed E-state index contributed by atoms with van der Waals surface area (Å²) in [7, 11) is 1.46. The lowest BCUT2D eigenvalue weighted by molar-refractivity contribution is -0.0217. The normalized spacial score (nSPS) is 19.8. The van der Waals surface area contributed by atoms with E-state index in [9.17, 15) is 4.79 Å². The van der Waals surface area contributed by atoms with E-state index in [-0.39, 0.29) is 5.78 Å². The van der Waals surface area contributed by atoms with E-state index >= 15 is 0 Å². The Morgan fingerprint density at radius 3 is 2.85 bits per heavy atom. The molecule has 1 aliphatic rings. The van der Waals surface area contributed by atoms with E-state index in [0.29, 0.717) is 11.3 Å². The summed E-state index contributed by atoms with van der Waals surface area (Å²) in [6.07, 6.45) is -0.754. The first-order valence-electron chi connectivity index (χ1n) is 4.07. The second kappa shape index (κ2) is 2.85. The third-order valence-electron chi connectivity index (χ3n) is 2.13. The molecule has 1 aromatic rings. The van der Waals surface area contributed by atoms with Crippen molar-refractivity contribution in [3.05, 3.63) is 29.3 Å². The van der Waals surface area contributed by atoms with Gasteiger partial charge in [-0.15, -0.1) is 0 Å². The van der Waals surface area contributed by atoms with Crippen LogP contribution in [0.25, 0.3) is 0 Å². The largest absolute Gasteiger partial charge is 0.456 e. The van der Waals surface area contributed by atoms with Gasteiger partial charge in [-0.1, -0.05) is 12.1 Å². The number of benzene rings is 1. The standard InChI is InChI=1S/C10H10O3/c1-6-4-3-5-7-8(11)10(12-2)13-9(6)7/h3-5,10H,1-2H3. The van der Waals surface area contributed by atoms with E-state index in [2.05, 4.69) is 0 Å². The molecular formula is C10H10O3. The van der Waals surface area contributed by atoms with E-state index in [0.717, 1.165) is 5.56 Å². The molecule has 0 amide bonds. The third kappa shape index (κ3) is 1.12. The Hall–Kier alpha value is -1.35. The molecule has 2 rings (SSSR count). The van der Waals surface area contributed by atoms with Crippen LogP contribution in [0.2, 0.25) is 0 Å². The monoisotopic (exact) mass is 178 g/mol. The number of para-hydroxylation sites is 1. The van der Waals surface area contributed by atoms with E-state index in [1.54, 1.807) is 6.07 Å². The summed E-state index contributed by atoms with van der Waals surface area (Å²) in [6, 6.07) is 5.50. The number of ether oxygens (including phenoxy) is 2. The Morgan fingerprint density at radius 2 is 2.23 bits per heavy atom. The molecule has 0 N–H and O–H groups in total. The van der Waals surface area contributed by atoms with Crippen LogP contribution in [0.4, 0.5) is 0 Å². The molecule has 0 aliphatic carbocycles. The van der Waals surface area contributed by atoms with Crippen LogP contribution in [0.1, 0.15) is 15.9 Å². The molecule has 3 heteroatoms. The number of rotatable bonds is 1. The molecule has 0 bridgehead atoms. The predicted octanol–water partition coefficient (Wildman–Crippen LogP) is 1.54. The maximum atomic E-state index is 11.5. The first kappa shape index (κ1) is 8.26. The molecular weight excluding hydrogens is 168 g/mol. The van der Waals surface area contributed by atoms with Crippen molar-refractivity contribution < 1.29 is 14.3 Å². The molecule has 1 aromatic carbocycles. The predicted molar refractivity (Wildman–Crippen MR) is 46.9 cm³/mol. The zero-order chi connectivity index (χ0) is 9.42. The van der Waals surface area contributed by atoms with Crippen molar-refractivity contribution in [3.8, 4) is 5.75 Å². The van der Waals surface area contributed by atoms with Crippen LogP contribution in [0, 0.1) is 6.92 Å². The summed E-state index contributed by atoms with van der Waals surface area (Å²) in [5.41, 5.74) is 1.58. The minimum Gasteiger partial charge on any atom is -0.456 e. The molecule has 13 heavy (non-hydrogen) atoms. The van der Waals surface area contributed by atoms with Gasteiger partial charge in [-0.25, -0.2) is 0 Å². The number of hydrogen-bond donors (Lipinski definition) is 0. The van der Waals surface area contributed by atoms with Gasteiger partial charge in [0.25, 0.3) is 6.29 Å². The quantitative estimate of drug-likeness (QED) is 0.654. The molecule has 3 nitrogen and oxygen atoms in total. The molecule has 0 spiro atoms. The molecule has 0 radical (unpaired) electrons. The highest BCUT2D eigenvalue weighted by molar-refractivity contribution is 6.04. The second-order valence-corrected chi connectivity index (χ2v) is 3.00. The van der Waals surface area contributed by atoms with Crippen LogP contribution in [0.5, 0.6) is 5.75 Å². The van der Waals surface area contributed by atoms with Crippen molar-refractivity contribution >= 4 is 5.78 Å². The SMILES string of the molecule is COC1Oc2c(C)cccc2C1=O. The smallest absolute Gasteiger partial charge is 0.264 e. The number of fused-ring (bicyclic) bond motifs is 1. The van der Waals surface area contributed by atoms with Gasteiger partial charge in [0.2, 0.25) is 5.78 Å². The number of carbonyl (C=O) groups is 1. The van der Waals surface area contributed by atoms with Crippen LogP contribution in [-0.4, -0.2) is 19.2 Å². The first-order chi connectivity index (χ1) is 6.24. The lowest BCUT2D eigenvalue weighted by Gasteiger charge is -2.06. The Labute approximate surface area is 76.3 Å². The van der Waals surface area contributed by atoms with Crippen molar-refractivity contribution in [1.82, 2.24) is 0 Å². The van der Waals surface area contributed by atoms with Gasteiger partial charge in [0.05, 0.1) is 5.56 Å². The maximum absolute atomic E-state index is 11.5. The number of ketones is 1. The first-order valence-corrected chi connectivity index (χ1v) is 4.07. The third-order valence-corrected chi connectivity index (χ3v) is 2.13. The van der Waals surface area contributed by atoms with Crippen LogP contribution in [0.15, 0.2) is 18.2 Å². The molecule has 68 valence electrons. The minimum atomic E-state index is -0.754. The molecule has 1 unspecified atom stereocenters.